The smallest absolute Gasteiger partial charge is 0.406 e. The molecule has 0 aliphatic heterocycles. The maximum atomic E-state index is 14.3. The molecule has 10 heteroatoms. The lowest BCUT2D eigenvalue weighted by Crippen LogP contribution is -2.17. The lowest BCUT2D eigenvalue weighted by atomic mass is 9.89. The molecule has 0 unspecified atom stereocenters. The van der Waals surface area contributed by atoms with Crippen molar-refractivity contribution in [2.24, 2.45) is 0 Å². The fourth-order valence-corrected chi connectivity index (χ4v) is 2.71. The van der Waals surface area contributed by atoms with Crippen molar-refractivity contribution in [3.8, 4) is 5.75 Å². The maximum absolute atomic E-state index is 14.3. The van der Waals surface area contributed by atoms with Crippen molar-refractivity contribution in [3.05, 3.63) is 88.1 Å². The van der Waals surface area contributed by atoms with Gasteiger partial charge in [-0.2, -0.15) is 0 Å². The van der Waals surface area contributed by atoms with E-state index in [-0.39, 0.29) is 17.8 Å². The molecule has 3 aromatic rings. The van der Waals surface area contributed by atoms with Crippen LogP contribution in [0.3, 0.4) is 0 Å². The van der Waals surface area contributed by atoms with Gasteiger partial charge >= 0.3 is 6.36 Å². The van der Waals surface area contributed by atoms with Gasteiger partial charge in [-0.1, -0.05) is 12.1 Å². The second-order valence-electron chi connectivity index (χ2n) is 5.96. The van der Waals surface area contributed by atoms with E-state index in [0.717, 1.165) is 24.5 Å². The van der Waals surface area contributed by atoms with Gasteiger partial charge in [-0.15, -0.1) is 13.2 Å². The number of ketones is 1. The number of halogens is 4. The molecule has 2 aromatic heterocycles. The van der Waals surface area contributed by atoms with Gasteiger partial charge in [0, 0.05) is 24.7 Å². The summed E-state index contributed by atoms with van der Waals surface area (Å²) in [7, 11) is 0. The van der Waals surface area contributed by atoms with E-state index in [1.807, 2.05) is 0 Å². The molecular weight excluding hydrogens is 394 g/mol. The number of carbonyl (C=O) groups excluding carboxylic acids is 1. The lowest BCUT2D eigenvalue weighted by Gasteiger charge is -2.17. The minimum atomic E-state index is -4.85. The highest BCUT2D eigenvalue weighted by Gasteiger charge is 2.31. The van der Waals surface area contributed by atoms with Crippen molar-refractivity contribution in [3.63, 3.8) is 0 Å². The largest absolute Gasteiger partial charge is 0.573 e. The Morgan fingerprint density at radius 3 is 2.45 bits per heavy atom. The molecule has 0 radical (unpaired) electrons. The third-order valence-electron chi connectivity index (χ3n) is 3.98. The van der Waals surface area contributed by atoms with Gasteiger partial charge in [0.2, 0.25) is 0 Å². The zero-order valence-corrected chi connectivity index (χ0v) is 14.6. The van der Waals surface area contributed by atoms with Crippen LogP contribution in [0.5, 0.6) is 5.75 Å². The molecule has 0 spiro atoms. The van der Waals surface area contributed by atoms with Crippen LogP contribution in [0.15, 0.2) is 59.8 Å². The van der Waals surface area contributed by atoms with Crippen LogP contribution >= 0.6 is 0 Å². The van der Waals surface area contributed by atoms with Crippen molar-refractivity contribution in [1.29, 1.82) is 0 Å². The summed E-state index contributed by atoms with van der Waals surface area (Å²) < 4.78 is 55.2. The highest BCUT2D eigenvalue weighted by Crippen LogP contribution is 2.31. The van der Waals surface area contributed by atoms with Crippen molar-refractivity contribution in [2.75, 3.05) is 0 Å². The Balaban J connectivity index is 1.93. The summed E-state index contributed by atoms with van der Waals surface area (Å²) in [6.07, 6.45) is -1.70. The SMILES string of the molecule is O=C(C[C@@H](c1ccc(OC(F)(F)F)cc1)c1ncccc1F)c1c[nH]c(=O)cn1. The third-order valence-corrected chi connectivity index (χ3v) is 3.98. The van der Waals surface area contributed by atoms with E-state index in [1.54, 1.807) is 0 Å². The molecule has 0 amide bonds. The summed E-state index contributed by atoms with van der Waals surface area (Å²) in [5.74, 6) is -2.52. The van der Waals surface area contributed by atoms with Gasteiger partial charge in [-0.05, 0) is 29.8 Å². The minimum Gasteiger partial charge on any atom is -0.406 e. The molecule has 1 aromatic carbocycles. The second kappa shape index (κ2) is 8.21. The highest BCUT2D eigenvalue weighted by atomic mass is 19.4. The molecule has 0 aliphatic rings. The second-order valence-corrected chi connectivity index (χ2v) is 5.96. The summed E-state index contributed by atoms with van der Waals surface area (Å²) in [6, 6.07) is 7.28. The Labute approximate surface area is 161 Å². The van der Waals surface area contributed by atoms with E-state index in [4.69, 9.17) is 0 Å². The summed E-state index contributed by atoms with van der Waals surface area (Å²) in [5, 5.41) is 0. The number of aromatic nitrogens is 3. The van der Waals surface area contributed by atoms with Gasteiger partial charge in [-0.3, -0.25) is 14.6 Å². The molecule has 0 bridgehead atoms. The quantitative estimate of drug-likeness (QED) is 0.499. The Kier molecular flexibility index (Phi) is 5.71. The van der Waals surface area contributed by atoms with E-state index in [2.05, 4.69) is 19.7 Å². The molecule has 0 saturated heterocycles. The van der Waals surface area contributed by atoms with Crippen molar-refractivity contribution in [1.82, 2.24) is 15.0 Å². The molecule has 0 saturated carbocycles. The van der Waals surface area contributed by atoms with E-state index in [9.17, 15) is 27.2 Å². The predicted molar refractivity (Wildman–Crippen MR) is 93.0 cm³/mol. The van der Waals surface area contributed by atoms with Crippen LogP contribution < -0.4 is 10.3 Å². The number of hydrogen-bond acceptors (Lipinski definition) is 5. The zero-order chi connectivity index (χ0) is 21.0. The summed E-state index contributed by atoms with van der Waals surface area (Å²) >= 11 is 0. The molecule has 2 heterocycles. The van der Waals surface area contributed by atoms with Crippen LogP contribution in [0, 0.1) is 5.82 Å². The highest BCUT2D eigenvalue weighted by molar-refractivity contribution is 5.94. The lowest BCUT2D eigenvalue weighted by molar-refractivity contribution is -0.274. The molecule has 150 valence electrons. The first-order valence-corrected chi connectivity index (χ1v) is 8.27. The number of ether oxygens (including phenoxy) is 1. The Morgan fingerprint density at radius 2 is 1.86 bits per heavy atom. The number of nitrogens with one attached hydrogen (secondary N) is 1. The molecule has 0 fully saturated rings. The van der Waals surface area contributed by atoms with Crippen molar-refractivity contribution >= 4 is 5.78 Å². The molecule has 0 aliphatic carbocycles. The number of carbonyl (C=O) groups is 1. The maximum Gasteiger partial charge on any atom is 0.573 e. The molecule has 3 rings (SSSR count). The molecule has 1 atom stereocenters. The predicted octanol–water partition coefficient (Wildman–Crippen LogP) is 3.61. The number of rotatable bonds is 6. The van der Waals surface area contributed by atoms with Crippen LogP contribution in [-0.2, 0) is 0 Å². The van der Waals surface area contributed by atoms with Gasteiger partial charge in [0.25, 0.3) is 5.56 Å². The standard InChI is InChI=1S/C19H13F4N3O3/c20-14-2-1-7-24-18(14)13(8-16(27)15-9-26-17(28)10-25-15)11-3-5-12(6-4-11)29-19(21,22)23/h1-7,9-10,13H,8H2,(H,26,28)/t13-/m0/s1. The third kappa shape index (κ3) is 5.24. The Bertz CT molecular complexity index is 1040. The first-order chi connectivity index (χ1) is 13.7. The minimum absolute atomic E-state index is 0.0389. The first-order valence-electron chi connectivity index (χ1n) is 8.27. The molecule has 29 heavy (non-hydrogen) atoms. The van der Waals surface area contributed by atoms with Crippen LogP contribution in [0.2, 0.25) is 0 Å². The zero-order valence-electron chi connectivity index (χ0n) is 14.6. The van der Waals surface area contributed by atoms with Gasteiger partial charge in [-0.25, -0.2) is 9.37 Å². The number of hydrogen-bond donors (Lipinski definition) is 1. The van der Waals surface area contributed by atoms with Gasteiger partial charge in [0.1, 0.15) is 17.3 Å². The van der Waals surface area contributed by atoms with Gasteiger partial charge in [0.05, 0.1) is 11.9 Å². The summed E-state index contributed by atoms with van der Waals surface area (Å²) in [5.41, 5.74) is -0.221. The van der Waals surface area contributed by atoms with Crippen LogP contribution in [0.25, 0.3) is 0 Å². The van der Waals surface area contributed by atoms with E-state index < -0.39 is 35.2 Å². The number of Topliss-reactive ketones (excluding diaryl/α,β-unsaturated/α-hetero) is 1. The summed E-state index contributed by atoms with van der Waals surface area (Å²) in [6.45, 7) is 0. The van der Waals surface area contributed by atoms with Crippen LogP contribution in [0.1, 0.15) is 34.1 Å². The Hall–Kier alpha value is -3.56. The number of alkyl halides is 3. The molecular formula is C19H13F4N3O3. The number of benzene rings is 1. The molecule has 1 N–H and O–H groups in total. The average molecular weight is 407 g/mol. The van der Waals surface area contributed by atoms with E-state index in [0.29, 0.717) is 5.56 Å². The fourth-order valence-electron chi connectivity index (χ4n) is 2.71. The van der Waals surface area contributed by atoms with E-state index >= 15 is 0 Å². The number of H-pyrrole nitrogens is 1. The fraction of sp³-hybridized carbons (Fsp3) is 0.158. The van der Waals surface area contributed by atoms with Gasteiger partial charge < -0.3 is 9.72 Å². The van der Waals surface area contributed by atoms with Crippen LogP contribution in [-0.4, -0.2) is 27.1 Å². The topological polar surface area (TPSA) is 84.9 Å². The normalized spacial score (nSPS) is 12.4. The number of aromatic amines is 1. The number of pyridine rings is 1. The summed E-state index contributed by atoms with van der Waals surface area (Å²) in [4.78, 5) is 33.7. The Morgan fingerprint density at radius 1 is 1.14 bits per heavy atom. The number of nitrogens with zero attached hydrogens (tertiary/aromatic N) is 2. The first kappa shape index (κ1) is 20.2. The van der Waals surface area contributed by atoms with Crippen LogP contribution in [0.4, 0.5) is 17.6 Å². The van der Waals surface area contributed by atoms with Crippen molar-refractivity contribution in [2.45, 2.75) is 18.7 Å². The van der Waals surface area contributed by atoms with E-state index in [1.165, 1.54) is 30.5 Å². The molecule has 6 nitrogen and oxygen atoms in total. The monoisotopic (exact) mass is 407 g/mol. The van der Waals surface area contributed by atoms with Gasteiger partial charge in [0.15, 0.2) is 5.78 Å². The van der Waals surface area contributed by atoms with Crippen molar-refractivity contribution < 1.29 is 27.1 Å². The average Bonchev–Trinajstić information content (AvgIpc) is 2.67.